The fourth-order valence-electron chi connectivity index (χ4n) is 2.07. The van der Waals surface area contributed by atoms with Gasteiger partial charge in [0.15, 0.2) is 0 Å². The Labute approximate surface area is 102 Å². The van der Waals surface area contributed by atoms with Crippen LogP contribution >= 0.6 is 0 Å². The normalized spacial score (nSPS) is 12.5. The van der Waals surface area contributed by atoms with Gasteiger partial charge in [-0.2, -0.15) is 0 Å². The van der Waals surface area contributed by atoms with E-state index in [4.69, 9.17) is 0 Å². The first-order valence-corrected chi connectivity index (χ1v) is 5.99. The summed E-state index contributed by atoms with van der Waals surface area (Å²) >= 11 is 0. The standard InChI is InChI=1S/C15H27N/c1-9-10-13(4)16(15(6,7)8)14(5)11-12(2)3/h10H,2,5,9,11H2,1,3-4,6-8H3/b13-10-. The van der Waals surface area contributed by atoms with Crippen LogP contribution in [-0.4, -0.2) is 10.4 Å². The average molecular weight is 221 g/mol. The van der Waals surface area contributed by atoms with Crippen molar-refractivity contribution >= 4 is 0 Å². The molecule has 1 heteroatoms. The second-order valence-corrected chi connectivity index (χ2v) is 5.46. The molecule has 0 aromatic rings. The van der Waals surface area contributed by atoms with Gasteiger partial charge in [0.05, 0.1) is 0 Å². The molecule has 0 atom stereocenters. The van der Waals surface area contributed by atoms with Crippen molar-refractivity contribution in [3.05, 3.63) is 36.2 Å². The van der Waals surface area contributed by atoms with Crippen LogP contribution in [0.4, 0.5) is 0 Å². The second kappa shape index (κ2) is 5.93. The fourth-order valence-corrected chi connectivity index (χ4v) is 2.07. The van der Waals surface area contributed by atoms with Crippen molar-refractivity contribution in [3.63, 3.8) is 0 Å². The Bertz CT molecular complexity index is 289. The topological polar surface area (TPSA) is 3.24 Å². The average Bonchev–Trinajstić information content (AvgIpc) is 1.99. The van der Waals surface area contributed by atoms with Gasteiger partial charge in [-0.1, -0.05) is 31.7 Å². The van der Waals surface area contributed by atoms with Crippen LogP contribution in [0.25, 0.3) is 0 Å². The molecule has 0 saturated carbocycles. The summed E-state index contributed by atoms with van der Waals surface area (Å²) < 4.78 is 0. The summed E-state index contributed by atoms with van der Waals surface area (Å²) in [5.41, 5.74) is 3.63. The maximum atomic E-state index is 4.19. The number of allylic oxidation sites excluding steroid dienone is 3. The van der Waals surface area contributed by atoms with Crippen molar-refractivity contribution < 1.29 is 0 Å². The van der Waals surface area contributed by atoms with E-state index in [1.807, 2.05) is 6.92 Å². The highest BCUT2D eigenvalue weighted by Gasteiger charge is 2.23. The van der Waals surface area contributed by atoms with Gasteiger partial charge in [-0.25, -0.2) is 0 Å². The molecule has 0 radical (unpaired) electrons. The summed E-state index contributed by atoms with van der Waals surface area (Å²) in [5.74, 6) is 0. The summed E-state index contributed by atoms with van der Waals surface area (Å²) in [6.07, 6.45) is 4.17. The molecule has 0 aliphatic heterocycles. The Kier molecular flexibility index (Phi) is 5.57. The lowest BCUT2D eigenvalue weighted by Gasteiger charge is -2.40. The van der Waals surface area contributed by atoms with E-state index < -0.39 is 0 Å². The summed E-state index contributed by atoms with van der Waals surface area (Å²) in [7, 11) is 0. The van der Waals surface area contributed by atoms with Gasteiger partial charge in [-0.05, 0) is 41.0 Å². The van der Waals surface area contributed by atoms with Crippen LogP contribution in [0.1, 0.15) is 54.4 Å². The van der Waals surface area contributed by atoms with Crippen molar-refractivity contribution in [3.8, 4) is 0 Å². The lowest BCUT2D eigenvalue weighted by Crippen LogP contribution is -2.39. The summed E-state index contributed by atoms with van der Waals surface area (Å²) in [4.78, 5) is 2.31. The van der Waals surface area contributed by atoms with E-state index in [1.165, 1.54) is 5.70 Å². The molecule has 0 amide bonds. The van der Waals surface area contributed by atoms with E-state index in [2.05, 4.69) is 58.8 Å². The minimum Gasteiger partial charge on any atom is -0.344 e. The van der Waals surface area contributed by atoms with E-state index in [-0.39, 0.29) is 5.54 Å². The van der Waals surface area contributed by atoms with Crippen LogP contribution < -0.4 is 0 Å². The largest absolute Gasteiger partial charge is 0.344 e. The van der Waals surface area contributed by atoms with E-state index in [0.717, 1.165) is 24.1 Å². The van der Waals surface area contributed by atoms with Gasteiger partial charge in [-0.3, -0.25) is 0 Å². The molecular weight excluding hydrogens is 194 g/mol. The van der Waals surface area contributed by atoms with Crippen LogP contribution in [0, 0.1) is 0 Å². The van der Waals surface area contributed by atoms with Crippen molar-refractivity contribution in [2.45, 2.75) is 59.9 Å². The molecule has 0 bridgehead atoms. The highest BCUT2D eigenvalue weighted by atomic mass is 15.2. The molecular formula is C15H27N. The summed E-state index contributed by atoms with van der Waals surface area (Å²) in [6, 6.07) is 0. The number of rotatable bonds is 5. The van der Waals surface area contributed by atoms with Gasteiger partial charge in [-0.15, -0.1) is 0 Å². The third-order valence-electron chi connectivity index (χ3n) is 2.35. The van der Waals surface area contributed by atoms with Gasteiger partial charge in [0.1, 0.15) is 0 Å². The van der Waals surface area contributed by atoms with Crippen LogP contribution in [0.15, 0.2) is 36.2 Å². The molecule has 16 heavy (non-hydrogen) atoms. The van der Waals surface area contributed by atoms with Crippen molar-refractivity contribution in [1.82, 2.24) is 4.90 Å². The number of nitrogens with zero attached hydrogens (tertiary/aromatic N) is 1. The van der Waals surface area contributed by atoms with Gasteiger partial charge >= 0.3 is 0 Å². The zero-order valence-electron chi connectivity index (χ0n) is 11.9. The lowest BCUT2D eigenvalue weighted by atomic mass is 10.0. The first-order chi connectivity index (χ1) is 7.20. The highest BCUT2D eigenvalue weighted by molar-refractivity contribution is 5.17. The zero-order chi connectivity index (χ0) is 12.9. The van der Waals surface area contributed by atoms with Crippen molar-refractivity contribution in [2.75, 3.05) is 0 Å². The number of hydrogen-bond acceptors (Lipinski definition) is 1. The lowest BCUT2D eigenvalue weighted by molar-refractivity contribution is 0.233. The maximum Gasteiger partial charge on any atom is 0.0360 e. The third kappa shape index (κ3) is 4.69. The van der Waals surface area contributed by atoms with Gasteiger partial charge in [0.2, 0.25) is 0 Å². The van der Waals surface area contributed by atoms with Gasteiger partial charge < -0.3 is 4.90 Å². The van der Waals surface area contributed by atoms with Crippen LogP contribution in [0.5, 0.6) is 0 Å². The van der Waals surface area contributed by atoms with Gasteiger partial charge in [0, 0.05) is 23.4 Å². The Morgan fingerprint density at radius 3 is 2.00 bits per heavy atom. The zero-order valence-corrected chi connectivity index (χ0v) is 11.9. The smallest absolute Gasteiger partial charge is 0.0360 e. The molecule has 0 saturated heterocycles. The Hall–Kier alpha value is -0.980. The van der Waals surface area contributed by atoms with E-state index in [1.54, 1.807) is 0 Å². The molecule has 0 aliphatic carbocycles. The molecule has 1 nitrogen and oxygen atoms in total. The van der Waals surface area contributed by atoms with Crippen molar-refractivity contribution in [2.24, 2.45) is 0 Å². The minimum absolute atomic E-state index is 0.0717. The first kappa shape index (κ1) is 15.0. The van der Waals surface area contributed by atoms with Gasteiger partial charge in [0.25, 0.3) is 0 Å². The van der Waals surface area contributed by atoms with E-state index in [9.17, 15) is 0 Å². The molecule has 92 valence electrons. The molecule has 0 unspecified atom stereocenters. The quantitative estimate of drug-likeness (QED) is 0.598. The Morgan fingerprint density at radius 2 is 1.69 bits per heavy atom. The predicted octanol–water partition coefficient (Wildman–Crippen LogP) is 4.88. The third-order valence-corrected chi connectivity index (χ3v) is 2.35. The molecule has 0 aromatic carbocycles. The maximum absolute atomic E-state index is 4.19. The summed E-state index contributed by atoms with van der Waals surface area (Å²) in [6.45, 7) is 21.1. The molecule has 0 aliphatic rings. The minimum atomic E-state index is 0.0717. The van der Waals surface area contributed by atoms with Crippen LogP contribution in [0.2, 0.25) is 0 Å². The molecule has 0 N–H and O–H groups in total. The fraction of sp³-hybridized carbons (Fsp3) is 0.600. The Morgan fingerprint density at radius 1 is 1.19 bits per heavy atom. The van der Waals surface area contributed by atoms with E-state index in [0.29, 0.717) is 0 Å². The predicted molar refractivity (Wildman–Crippen MR) is 74.2 cm³/mol. The molecule has 0 heterocycles. The SMILES string of the molecule is C=C(C)CC(=C)N(/C(C)=C\CC)C(C)(C)C. The van der Waals surface area contributed by atoms with Crippen LogP contribution in [-0.2, 0) is 0 Å². The number of hydrogen-bond donors (Lipinski definition) is 0. The highest BCUT2D eigenvalue weighted by Crippen LogP contribution is 2.27. The molecule has 0 aromatic heterocycles. The van der Waals surface area contributed by atoms with E-state index >= 15 is 0 Å². The molecule has 0 rings (SSSR count). The Balaban J connectivity index is 5.04. The monoisotopic (exact) mass is 221 g/mol. The van der Waals surface area contributed by atoms with Crippen LogP contribution in [0.3, 0.4) is 0 Å². The summed E-state index contributed by atoms with van der Waals surface area (Å²) in [5, 5.41) is 0. The second-order valence-electron chi connectivity index (χ2n) is 5.46. The molecule has 0 fully saturated rings. The van der Waals surface area contributed by atoms with Crippen molar-refractivity contribution in [1.29, 1.82) is 0 Å². The molecule has 0 spiro atoms. The first-order valence-electron chi connectivity index (χ1n) is 5.99.